The second kappa shape index (κ2) is 15.7. The standard InChI is InChI=1S/C35H43N7O4S/c1-7-42(8-2)18-17-36-33(43)28-12-10-14-31(22-28)47(6,46)40-34(44)29-21-27(25(4)37-23-29)16-15-26-11-9-13-30(20-26)38-35(45)32-19-24(3)39-41(32)5/h9-14,19-25,27,39H,6-8,17-18H2,1-5H3,(H,36,43)(H,38,45)(H,40,44,46). The van der Waals surface area contributed by atoms with Crippen molar-refractivity contribution in [3.8, 4) is 11.8 Å². The zero-order valence-electron chi connectivity index (χ0n) is 27.5. The highest BCUT2D eigenvalue weighted by molar-refractivity contribution is 7.99. The molecule has 4 unspecified atom stereocenters. The van der Waals surface area contributed by atoms with Crippen LogP contribution in [0, 0.1) is 17.8 Å². The molecule has 2 aromatic rings. The van der Waals surface area contributed by atoms with Crippen LogP contribution in [0.25, 0.3) is 0 Å². The molecule has 2 heterocycles. The molecular formula is C35H43N7O4S. The van der Waals surface area contributed by atoms with Crippen LogP contribution in [0.2, 0.25) is 0 Å². The van der Waals surface area contributed by atoms with Gasteiger partial charge in [0.05, 0.1) is 32.1 Å². The van der Waals surface area contributed by atoms with Crippen LogP contribution in [0.3, 0.4) is 0 Å². The van der Waals surface area contributed by atoms with E-state index in [0.717, 1.165) is 19.6 Å². The van der Waals surface area contributed by atoms with Crippen molar-refractivity contribution < 1.29 is 18.6 Å². The Morgan fingerprint density at radius 1 is 1.04 bits per heavy atom. The molecule has 2 aliphatic heterocycles. The number of rotatable bonds is 11. The maximum absolute atomic E-state index is 13.6. The van der Waals surface area contributed by atoms with Gasteiger partial charge < -0.3 is 20.5 Å². The normalized spacial score (nSPS) is 20.0. The quantitative estimate of drug-likeness (QED) is 0.216. The van der Waals surface area contributed by atoms with E-state index in [1.165, 1.54) is 12.3 Å². The molecule has 0 bridgehead atoms. The minimum Gasteiger partial charge on any atom is -0.351 e. The van der Waals surface area contributed by atoms with E-state index < -0.39 is 21.5 Å². The third kappa shape index (κ3) is 9.42. The van der Waals surface area contributed by atoms with Crippen LogP contribution in [-0.4, -0.2) is 89.2 Å². The van der Waals surface area contributed by atoms with E-state index in [9.17, 15) is 18.6 Å². The van der Waals surface area contributed by atoms with Crippen molar-refractivity contribution in [1.29, 1.82) is 0 Å². The highest BCUT2D eigenvalue weighted by Crippen LogP contribution is 2.19. The molecule has 2 aromatic carbocycles. The number of anilines is 1. The summed E-state index contributed by atoms with van der Waals surface area (Å²) in [4.78, 5) is 45.6. The zero-order chi connectivity index (χ0) is 34.1. The third-order valence-electron chi connectivity index (χ3n) is 7.84. The SMILES string of the molecule is C=S(=O)(NC(=O)C1=CC(C#Cc2cccc(NC(=O)C3=CC(C)NN3C)c2)C(C)N=C1)c1cccc(C(=O)NCCN(CC)CC)c1. The molecular weight excluding hydrogens is 614 g/mol. The predicted octanol–water partition coefficient (Wildman–Crippen LogP) is 2.59. The average Bonchev–Trinajstić information content (AvgIpc) is 3.40. The second-order valence-corrected chi connectivity index (χ2v) is 13.4. The summed E-state index contributed by atoms with van der Waals surface area (Å²) in [6, 6.07) is 13.3. The summed E-state index contributed by atoms with van der Waals surface area (Å²) < 4.78 is 16.1. The number of carbonyl (C=O) groups excluding carboxylic acids is 3. The molecule has 0 saturated heterocycles. The summed E-state index contributed by atoms with van der Waals surface area (Å²) in [6.45, 7) is 11.0. The number of hydrogen-bond acceptors (Lipinski definition) is 8. The molecule has 248 valence electrons. The Labute approximate surface area is 277 Å². The Kier molecular flexibility index (Phi) is 11.8. The number of aliphatic imine (C=N–C) groups is 1. The van der Waals surface area contributed by atoms with Crippen molar-refractivity contribution in [3.05, 3.63) is 83.1 Å². The summed E-state index contributed by atoms with van der Waals surface area (Å²) in [6.07, 6.45) is 4.98. The van der Waals surface area contributed by atoms with Crippen molar-refractivity contribution in [1.82, 2.24) is 25.4 Å². The van der Waals surface area contributed by atoms with Gasteiger partial charge in [0.1, 0.15) is 5.70 Å². The number of benzene rings is 2. The summed E-state index contributed by atoms with van der Waals surface area (Å²) in [5.74, 6) is 8.54. The largest absolute Gasteiger partial charge is 0.351 e. The van der Waals surface area contributed by atoms with E-state index in [0.29, 0.717) is 29.1 Å². The number of nitrogens with zero attached hydrogens (tertiary/aromatic N) is 3. The minimum atomic E-state index is -3.29. The van der Waals surface area contributed by atoms with Gasteiger partial charge in [-0.2, -0.15) is 0 Å². The Morgan fingerprint density at radius 2 is 1.79 bits per heavy atom. The molecule has 4 rings (SSSR count). The number of dihydropyridines is 1. The van der Waals surface area contributed by atoms with Crippen LogP contribution in [0.4, 0.5) is 5.69 Å². The van der Waals surface area contributed by atoms with Gasteiger partial charge in [0.25, 0.3) is 17.7 Å². The average molecular weight is 658 g/mol. The molecule has 4 atom stereocenters. The maximum Gasteiger partial charge on any atom is 0.273 e. The highest BCUT2D eigenvalue weighted by Gasteiger charge is 2.24. The third-order valence-corrected chi connectivity index (χ3v) is 9.37. The zero-order valence-corrected chi connectivity index (χ0v) is 28.3. The lowest BCUT2D eigenvalue weighted by Crippen LogP contribution is -2.35. The van der Waals surface area contributed by atoms with Gasteiger partial charge >= 0.3 is 0 Å². The van der Waals surface area contributed by atoms with Crippen molar-refractivity contribution in [2.45, 2.75) is 44.7 Å². The smallest absolute Gasteiger partial charge is 0.273 e. The van der Waals surface area contributed by atoms with Crippen LogP contribution < -0.4 is 20.8 Å². The number of amides is 3. The Balaban J connectivity index is 1.41. The van der Waals surface area contributed by atoms with Crippen molar-refractivity contribution in [3.63, 3.8) is 0 Å². The summed E-state index contributed by atoms with van der Waals surface area (Å²) in [7, 11) is -1.50. The number of nitrogens with one attached hydrogen (secondary N) is 4. The van der Waals surface area contributed by atoms with Gasteiger partial charge in [-0.05, 0) is 75.3 Å². The van der Waals surface area contributed by atoms with Crippen LogP contribution in [0.5, 0.6) is 0 Å². The van der Waals surface area contributed by atoms with Crippen LogP contribution >= 0.6 is 0 Å². The number of hydrazine groups is 1. The van der Waals surface area contributed by atoms with Gasteiger partial charge in [0.15, 0.2) is 0 Å². The Morgan fingerprint density at radius 3 is 2.49 bits per heavy atom. The lowest BCUT2D eigenvalue weighted by atomic mass is 9.96. The topological polar surface area (TPSA) is 135 Å². The van der Waals surface area contributed by atoms with Crippen LogP contribution in [-0.2, 0) is 19.3 Å². The molecule has 11 nitrogen and oxygen atoms in total. The van der Waals surface area contributed by atoms with Gasteiger partial charge in [-0.1, -0.05) is 43.9 Å². The lowest BCUT2D eigenvalue weighted by Gasteiger charge is -2.19. The van der Waals surface area contributed by atoms with E-state index in [1.807, 2.05) is 26.0 Å². The fourth-order valence-electron chi connectivity index (χ4n) is 5.07. The van der Waals surface area contributed by atoms with E-state index >= 15 is 0 Å². The molecule has 0 aromatic heterocycles. The molecule has 47 heavy (non-hydrogen) atoms. The maximum atomic E-state index is 13.6. The van der Waals surface area contributed by atoms with Crippen molar-refractivity contribution >= 4 is 45.2 Å². The van der Waals surface area contributed by atoms with E-state index in [-0.39, 0.29) is 34.4 Å². The van der Waals surface area contributed by atoms with Gasteiger partial charge in [-0.15, -0.1) is 0 Å². The first kappa shape index (κ1) is 35.2. The molecule has 0 spiro atoms. The molecule has 2 aliphatic rings. The first-order chi connectivity index (χ1) is 22.4. The minimum absolute atomic E-state index is 0.0650. The van der Waals surface area contributed by atoms with Crippen molar-refractivity contribution in [2.75, 3.05) is 38.5 Å². The monoisotopic (exact) mass is 657 g/mol. The predicted molar refractivity (Wildman–Crippen MR) is 188 cm³/mol. The van der Waals surface area contributed by atoms with Gasteiger partial charge in [-0.3, -0.25) is 24.1 Å². The fourth-order valence-corrected chi connectivity index (χ4v) is 6.22. The molecule has 0 saturated carbocycles. The molecule has 12 heteroatoms. The van der Waals surface area contributed by atoms with E-state index in [1.54, 1.807) is 54.5 Å². The van der Waals surface area contributed by atoms with E-state index in [2.05, 4.69) is 62.2 Å². The van der Waals surface area contributed by atoms with Crippen molar-refractivity contribution in [2.24, 2.45) is 10.9 Å². The first-order valence-corrected chi connectivity index (χ1v) is 17.3. The molecule has 4 N–H and O–H groups in total. The van der Waals surface area contributed by atoms with Gasteiger partial charge in [0.2, 0.25) is 0 Å². The Hall–Kier alpha value is -4.70. The highest BCUT2D eigenvalue weighted by atomic mass is 32.2. The lowest BCUT2D eigenvalue weighted by molar-refractivity contribution is -0.115. The summed E-state index contributed by atoms with van der Waals surface area (Å²) >= 11 is 0. The Bertz CT molecular complexity index is 1770. The van der Waals surface area contributed by atoms with Gasteiger partial charge in [-0.25, -0.2) is 9.63 Å². The number of carbonyl (C=O) groups is 3. The fraction of sp³-hybridized carbons (Fsp3) is 0.343. The molecule has 0 fully saturated rings. The van der Waals surface area contributed by atoms with Gasteiger partial charge in [0, 0.05) is 49.2 Å². The summed E-state index contributed by atoms with van der Waals surface area (Å²) in [5.41, 5.74) is 5.49. The molecule has 0 radical (unpaired) electrons. The van der Waals surface area contributed by atoms with E-state index in [4.69, 9.17) is 0 Å². The summed E-state index contributed by atoms with van der Waals surface area (Å²) in [5, 5.41) is 7.47. The van der Waals surface area contributed by atoms with Crippen LogP contribution in [0.15, 0.2) is 81.8 Å². The molecule has 0 aliphatic carbocycles. The number of likely N-dealkylation sites (N-methyl/N-ethyl adjacent to an activating group) is 2. The first-order valence-electron chi connectivity index (χ1n) is 15.6. The second-order valence-electron chi connectivity index (χ2n) is 11.4. The van der Waals surface area contributed by atoms with Crippen LogP contribution in [0.1, 0.15) is 43.6 Å². The number of hydrogen-bond donors (Lipinski definition) is 4. The molecule has 3 amide bonds.